The highest BCUT2D eigenvalue weighted by Crippen LogP contribution is 2.01. The Morgan fingerprint density at radius 2 is 2.17 bits per heavy atom. The summed E-state index contributed by atoms with van der Waals surface area (Å²) in [6, 6.07) is 0. The van der Waals surface area contributed by atoms with E-state index in [4.69, 9.17) is 4.52 Å². The van der Waals surface area contributed by atoms with Crippen LogP contribution in [-0.2, 0) is 16.6 Å². The lowest BCUT2D eigenvalue weighted by atomic mass is 10.4. The average molecular weight is 275 g/mol. The van der Waals surface area contributed by atoms with E-state index in [1.54, 1.807) is 6.92 Å². The summed E-state index contributed by atoms with van der Waals surface area (Å²) in [6.45, 7) is 4.34. The standard InChI is InChI=1S/C9H17N5O3S/c1-8-12-9(17-13-8)2-3-11-18(15,16)14-6-4-10-5-7-14/h10-11H,2-7H2,1H3. The fraction of sp³-hybridized carbons (Fsp3) is 0.778. The van der Waals surface area contributed by atoms with Crippen molar-refractivity contribution < 1.29 is 12.9 Å². The summed E-state index contributed by atoms with van der Waals surface area (Å²) in [6.07, 6.45) is 0.395. The topological polar surface area (TPSA) is 100 Å². The molecule has 0 unspecified atom stereocenters. The predicted molar refractivity (Wildman–Crippen MR) is 64.1 cm³/mol. The zero-order valence-electron chi connectivity index (χ0n) is 10.2. The maximum Gasteiger partial charge on any atom is 0.279 e. The van der Waals surface area contributed by atoms with Crippen molar-refractivity contribution in [3.8, 4) is 0 Å². The number of nitrogens with zero attached hydrogens (tertiary/aromatic N) is 3. The van der Waals surface area contributed by atoms with Gasteiger partial charge in [-0.2, -0.15) is 17.7 Å². The minimum Gasteiger partial charge on any atom is -0.339 e. The minimum absolute atomic E-state index is 0.258. The van der Waals surface area contributed by atoms with Crippen LogP contribution in [0, 0.1) is 6.92 Å². The van der Waals surface area contributed by atoms with Crippen LogP contribution >= 0.6 is 0 Å². The Labute approximate surface area is 106 Å². The Bertz CT molecular complexity index is 480. The monoisotopic (exact) mass is 275 g/mol. The summed E-state index contributed by atoms with van der Waals surface area (Å²) in [7, 11) is -3.39. The van der Waals surface area contributed by atoms with E-state index in [0.717, 1.165) is 0 Å². The van der Waals surface area contributed by atoms with Crippen LogP contribution in [0.1, 0.15) is 11.7 Å². The SMILES string of the molecule is Cc1noc(CCNS(=O)(=O)N2CCNCC2)n1. The molecular formula is C9H17N5O3S. The molecule has 18 heavy (non-hydrogen) atoms. The summed E-state index contributed by atoms with van der Waals surface area (Å²) in [5.74, 6) is 0.991. The molecule has 0 amide bonds. The molecule has 0 spiro atoms. The zero-order valence-corrected chi connectivity index (χ0v) is 11.0. The number of hydrogen-bond acceptors (Lipinski definition) is 6. The van der Waals surface area contributed by atoms with Crippen molar-refractivity contribution in [3.05, 3.63) is 11.7 Å². The lowest BCUT2D eigenvalue weighted by molar-refractivity contribution is 0.352. The number of rotatable bonds is 5. The molecule has 1 aromatic heterocycles. The Kier molecular flexibility index (Phi) is 4.27. The van der Waals surface area contributed by atoms with Gasteiger partial charge < -0.3 is 9.84 Å². The second-order valence-corrected chi connectivity index (χ2v) is 5.79. The normalized spacial score (nSPS) is 18.1. The molecule has 0 bridgehead atoms. The quantitative estimate of drug-likeness (QED) is 0.690. The molecule has 0 aromatic carbocycles. The lowest BCUT2D eigenvalue weighted by Crippen LogP contribution is -2.50. The first-order valence-corrected chi connectivity index (χ1v) is 7.26. The predicted octanol–water partition coefficient (Wildman–Crippen LogP) is -1.34. The first-order chi connectivity index (χ1) is 8.58. The van der Waals surface area contributed by atoms with Gasteiger partial charge in [0.25, 0.3) is 10.2 Å². The van der Waals surface area contributed by atoms with Crippen LogP contribution in [0.2, 0.25) is 0 Å². The van der Waals surface area contributed by atoms with E-state index in [0.29, 0.717) is 44.3 Å². The van der Waals surface area contributed by atoms with E-state index in [1.165, 1.54) is 4.31 Å². The molecule has 2 rings (SSSR count). The third kappa shape index (κ3) is 3.48. The smallest absolute Gasteiger partial charge is 0.279 e. The van der Waals surface area contributed by atoms with Gasteiger partial charge in [-0.1, -0.05) is 5.16 Å². The molecule has 1 aliphatic rings. The van der Waals surface area contributed by atoms with Gasteiger partial charge >= 0.3 is 0 Å². The number of aryl methyl sites for hydroxylation is 1. The van der Waals surface area contributed by atoms with Crippen molar-refractivity contribution in [2.24, 2.45) is 0 Å². The second kappa shape index (κ2) is 5.74. The first kappa shape index (κ1) is 13.4. The van der Waals surface area contributed by atoms with Gasteiger partial charge in [0.05, 0.1) is 0 Å². The van der Waals surface area contributed by atoms with Crippen molar-refractivity contribution in [1.82, 2.24) is 24.5 Å². The molecule has 9 heteroatoms. The summed E-state index contributed by atoms with van der Waals surface area (Å²) in [4.78, 5) is 4.01. The van der Waals surface area contributed by atoms with Crippen LogP contribution in [0.5, 0.6) is 0 Å². The summed E-state index contributed by atoms with van der Waals surface area (Å²) >= 11 is 0. The molecular weight excluding hydrogens is 258 g/mol. The Morgan fingerprint density at radius 1 is 1.44 bits per heavy atom. The van der Waals surface area contributed by atoms with Crippen LogP contribution in [0.3, 0.4) is 0 Å². The molecule has 1 saturated heterocycles. The molecule has 0 atom stereocenters. The van der Waals surface area contributed by atoms with Crippen molar-refractivity contribution in [2.45, 2.75) is 13.3 Å². The molecule has 1 aliphatic heterocycles. The maximum atomic E-state index is 11.9. The van der Waals surface area contributed by atoms with Gasteiger partial charge in [-0.3, -0.25) is 0 Å². The Balaban J connectivity index is 1.81. The van der Waals surface area contributed by atoms with E-state index >= 15 is 0 Å². The highest BCUT2D eigenvalue weighted by atomic mass is 32.2. The van der Waals surface area contributed by atoms with E-state index in [1.807, 2.05) is 0 Å². The molecule has 102 valence electrons. The van der Waals surface area contributed by atoms with Crippen LogP contribution in [0.15, 0.2) is 4.52 Å². The highest BCUT2D eigenvalue weighted by molar-refractivity contribution is 7.87. The molecule has 1 fully saturated rings. The van der Waals surface area contributed by atoms with E-state index in [9.17, 15) is 8.42 Å². The molecule has 0 aliphatic carbocycles. The fourth-order valence-electron chi connectivity index (χ4n) is 1.70. The fourth-order valence-corrected chi connectivity index (χ4v) is 2.91. The van der Waals surface area contributed by atoms with E-state index in [2.05, 4.69) is 20.2 Å². The van der Waals surface area contributed by atoms with Gasteiger partial charge in [-0.05, 0) is 6.92 Å². The van der Waals surface area contributed by atoms with Gasteiger partial charge in [0.1, 0.15) is 0 Å². The van der Waals surface area contributed by atoms with Gasteiger partial charge in [-0.25, -0.2) is 4.72 Å². The van der Waals surface area contributed by atoms with Gasteiger partial charge in [0.2, 0.25) is 5.89 Å². The third-order valence-electron chi connectivity index (χ3n) is 2.61. The summed E-state index contributed by atoms with van der Waals surface area (Å²) < 4.78 is 32.7. The highest BCUT2D eigenvalue weighted by Gasteiger charge is 2.23. The van der Waals surface area contributed by atoms with Gasteiger partial charge in [0.15, 0.2) is 5.82 Å². The van der Waals surface area contributed by atoms with E-state index in [-0.39, 0.29) is 6.54 Å². The van der Waals surface area contributed by atoms with Gasteiger partial charge in [0, 0.05) is 39.1 Å². The molecule has 8 nitrogen and oxygen atoms in total. The van der Waals surface area contributed by atoms with Crippen molar-refractivity contribution >= 4 is 10.2 Å². The molecule has 0 saturated carbocycles. The molecule has 2 N–H and O–H groups in total. The molecule has 1 aromatic rings. The molecule has 0 radical (unpaired) electrons. The zero-order chi connectivity index (χ0) is 13.0. The van der Waals surface area contributed by atoms with Gasteiger partial charge in [-0.15, -0.1) is 0 Å². The maximum absolute atomic E-state index is 11.9. The van der Waals surface area contributed by atoms with Crippen LogP contribution in [-0.4, -0.2) is 55.6 Å². The minimum atomic E-state index is -3.39. The second-order valence-electron chi connectivity index (χ2n) is 4.03. The van der Waals surface area contributed by atoms with E-state index < -0.39 is 10.2 Å². The number of nitrogens with one attached hydrogen (secondary N) is 2. The molecule has 2 heterocycles. The van der Waals surface area contributed by atoms with Crippen LogP contribution in [0.4, 0.5) is 0 Å². The third-order valence-corrected chi connectivity index (χ3v) is 4.22. The van der Waals surface area contributed by atoms with Crippen molar-refractivity contribution in [2.75, 3.05) is 32.7 Å². The number of hydrogen-bond donors (Lipinski definition) is 2. The Morgan fingerprint density at radius 3 is 2.78 bits per heavy atom. The summed E-state index contributed by atoms with van der Waals surface area (Å²) in [5.41, 5.74) is 0. The largest absolute Gasteiger partial charge is 0.339 e. The number of aromatic nitrogens is 2. The summed E-state index contributed by atoms with van der Waals surface area (Å²) in [5, 5.41) is 6.74. The van der Waals surface area contributed by atoms with Crippen LogP contribution in [0.25, 0.3) is 0 Å². The Hall–Kier alpha value is -1.03. The average Bonchev–Trinajstić information content (AvgIpc) is 2.76. The first-order valence-electron chi connectivity index (χ1n) is 5.82. The lowest BCUT2D eigenvalue weighted by Gasteiger charge is -2.26. The van der Waals surface area contributed by atoms with Crippen LogP contribution < -0.4 is 10.0 Å². The number of piperazine rings is 1. The van der Waals surface area contributed by atoms with Crippen molar-refractivity contribution in [1.29, 1.82) is 0 Å². The van der Waals surface area contributed by atoms with Crippen molar-refractivity contribution in [3.63, 3.8) is 0 Å².